The van der Waals surface area contributed by atoms with Crippen molar-refractivity contribution in [3.05, 3.63) is 29.4 Å². The molecule has 1 aromatic heterocycles. The molecular formula is C17H21ClN4O2. The number of rotatable bonds is 6. The van der Waals surface area contributed by atoms with Crippen molar-refractivity contribution in [3.63, 3.8) is 0 Å². The Morgan fingerprint density at radius 1 is 1.12 bits per heavy atom. The summed E-state index contributed by atoms with van der Waals surface area (Å²) in [6, 6.07) is 5.76. The molecule has 0 aliphatic heterocycles. The van der Waals surface area contributed by atoms with Gasteiger partial charge in [-0.05, 0) is 18.9 Å². The van der Waals surface area contributed by atoms with Gasteiger partial charge in [-0.3, -0.25) is 0 Å². The van der Waals surface area contributed by atoms with Gasteiger partial charge in [0.15, 0.2) is 0 Å². The summed E-state index contributed by atoms with van der Waals surface area (Å²) in [6.07, 6.45) is 6.59. The summed E-state index contributed by atoms with van der Waals surface area (Å²) in [5, 5.41) is 7.12. The fourth-order valence-corrected chi connectivity index (χ4v) is 3.08. The van der Waals surface area contributed by atoms with Crippen LogP contribution in [0.3, 0.4) is 0 Å². The average Bonchev–Trinajstić information content (AvgIpc) is 3.09. The van der Waals surface area contributed by atoms with E-state index in [1.807, 2.05) is 0 Å². The predicted molar refractivity (Wildman–Crippen MR) is 95.7 cm³/mol. The van der Waals surface area contributed by atoms with E-state index in [-0.39, 0.29) is 0 Å². The SMILES string of the molecule is COc1cc(Nc2ccnc(NC3CCCC3)n2)c(OC)cc1Cl. The monoisotopic (exact) mass is 348 g/mol. The number of ether oxygens (including phenoxy) is 2. The van der Waals surface area contributed by atoms with Gasteiger partial charge in [0, 0.05) is 24.4 Å². The highest BCUT2D eigenvalue weighted by Crippen LogP contribution is 2.37. The van der Waals surface area contributed by atoms with Gasteiger partial charge in [-0.2, -0.15) is 4.98 Å². The maximum atomic E-state index is 6.14. The molecule has 128 valence electrons. The second-order valence-corrected chi connectivity index (χ2v) is 6.11. The number of anilines is 3. The molecule has 0 radical (unpaired) electrons. The number of halogens is 1. The highest BCUT2D eigenvalue weighted by Gasteiger charge is 2.16. The Labute approximate surface area is 146 Å². The summed E-state index contributed by atoms with van der Waals surface area (Å²) >= 11 is 6.14. The molecule has 0 spiro atoms. The number of methoxy groups -OCH3 is 2. The van der Waals surface area contributed by atoms with E-state index in [2.05, 4.69) is 20.6 Å². The van der Waals surface area contributed by atoms with Gasteiger partial charge in [0.2, 0.25) is 5.95 Å². The van der Waals surface area contributed by atoms with E-state index < -0.39 is 0 Å². The van der Waals surface area contributed by atoms with Gasteiger partial charge in [0.1, 0.15) is 17.3 Å². The van der Waals surface area contributed by atoms with Crippen LogP contribution in [0.5, 0.6) is 11.5 Å². The van der Waals surface area contributed by atoms with Crippen molar-refractivity contribution >= 4 is 29.1 Å². The number of benzene rings is 1. The minimum absolute atomic E-state index is 0.463. The summed E-state index contributed by atoms with van der Waals surface area (Å²) in [5.41, 5.74) is 0.726. The normalized spacial score (nSPS) is 14.5. The van der Waals surface area contributed by atoms with E-state index in [0.29, 0.717) is 34.3 Å². The fraction of sp³-hybridized carbons (Fsp3) is 0.412. The third-order valence-electron chi connectivity index (χ3n) is 4.08. The number of hydrogen-bond acceptors (Lipinski definition) is 6. The highest BCUT2D eigenvalue weighted by molar-refractivity contribution is 6.32. The molecular weight excluding hydrogens is 328 g/mol. The van der Waals surface area contributed by atoms with Gasteiger partial charge < -0.3 is 20.1 Å². The van der Waals surface area contributed by atoms with Crippen LogP contribution in [0.2, 0.25) is 5.02 Å². The first-order valence-corrected chi connectivity index (χ1v) is 8.35. The van der Waals surface area contributed by atoms with Gasteiger partial charge in [0.05, 0.1) is 24.9 Å². The van der Waals surface area contributed by atoms with E-state index in [0.717, 1.165) is 5.69 Å². The first-order chi connectivity index (χ1) is 11.7. The zero-order chi connectivity index (χ0) is 16.9. The third-order valence-corrected chi connectivity index (χ3v) is 4.38. The maximum Gasteiger partial charge on any atom is 0.224 e. The fourth-order valence-electron chi connectivity index (χ4n) is 2.85. The summed E-state index contributed by atoms with van der Waals surface area (Å²) < 4.78 is 10.6. The Morgan fingerprint density at radius 2 is 1.88 bits per heavy atom. The van der Waals surface area contributed by atoms with Gasteiger partial charge in [0.25, 0.3) is 0 Å². The Kier molecular flexibility index (Phi) is 5.25. The minimum Gasteiger partial charge on any atom is -0.495 e. The molecule has 2 aromatic rings. The Bertz CT molecular complexity index is 705. The molecule has 7 heteroatoms. The van der Waals surface area contributed by atoms with Crippen LogP contribution in [-0.4, -0.2) is 30.2 Å². The van der Waals surface area contributed by atoms with Crippen LogP contribution in [0.1, 0.15) is 25.7 Å². The molecule has 1 fully saturated rings. The first-order valence-electron chi connectivity index (χ1n) is 7.97. The number of nitrogens with zero attached hydrogens (tertiary/aromatic N) is 2. The smallest absolute Gasteiger partial charge is 0.224 e. The molecule has 0 unspecified atom stereocenters. The van der Waals surface area contributed by atoms with Crippen LogP contribution in [0, 0.1) is 0 Å². The predicted octanol–water partition coefficient (Wildman–Crippen LogP) is 4.25. The van der Waals surface area contributed by atoms with Crippen molar-refractivity contribution in [3.8, 4) is 11.5 Å². The van der Waals surface area contributed by atoms with E-state index in [1.165, 1.54) is 25.7 Å². The summed E-state index contributed by atoms with van der Waals surface area (Å²) in [6.45, 7) is 0. The standard InChI is InChI=1S/C17H21ClN4O2/c1-23-14-10-13(15(24-2)9-12(14)18)21-16-7-8-19-17(22-16)20-11-5-3-4-6-11/h7-11H,3-6H2,1-2H3,(H2,19,20,21,22). The van der Waals surface area contributed by atoms with Crippen LogP contribution >= 0.6 is 11.6 Å². The Hall–Kier alpha value is -2.21. The van der Waals surface area contributed by atoms with Gasteiger partial charge in [-0.15, -0.1) is 0 Å². The Balaban J connectivity index is 1.80. The topological polar surface area (TPSA) is 68.3 Å². The van der Waals surface area contributed by atoms with Crippen molar-refractivity contribution in [2.75, 3.05) is 24.9 Å². The molecule has 1 saturated carbocycles. The lowest BCUT2D eigenvalue weighted by Gasteiger charge is -2.15. The van der Waals surface area contributed by atoms with Crippen molar-refractivity contribution in [2.45, 2.75) is 31.7 Å². The molecule has 0 saturated heterocycles. The molecule has 1 aliphatic rings. The largest absolute Gasteiger partial charge is 0.495 e. The maximum absolute atomic E-state index is 6.14. The third kappa shape index (κ3) is 3.82. The van der Waals surface area contributed by atoms with E-state index in [9.17, 15) is 0 Å². The van der Waals surface area contributed by atoms with Crippen molar-refractivity contribution in [1.82, 2.24) is 9.97 Å². The summed E-state index contributed by atoms with van der Waals surface area (Å²) in [4.78, 5) is 8.82. The lowest BCUT2D eigenvalue weighted by Crippen LogP contribution is -2.16. The van der Waals surface area contributed by atoms with E-state index in [1.54, 1.807) is 38.6 Å². The van der Waals surface area contributed by atoms with Gasteiger partial charge >= 0.3 is 0 Å². The van der Waals surface area contributed by atoms with Crippen molar-refractivity contribution < 1.29 is 9.47 Å². The molecule has 1 aromatic carbocycles. The lowest BCUT2D eigenvalue weighted by molar-refractivity contribution is 0.405. The van der Waals surface area contributed by atoms with E-state index >= 15 is 0 Å². The molecule has 2 N–H and O–H groups in total. The van der Waals surface area contributed by atoms with Crippen LogP contribution in [-0.2, 0) is 0 Å². The Morgan fingerprint density at radius 3 is 2.58 bits per heavy atom. The molecule has 1 aliphatic carbocycles. The number of hydrogen-bond donors (Lipinski definition) is 2. The van der Waals surface area contributed by atoms with Crippen LogP contribution in [0.4, 0.5) is 17.5 Å². The van der Waals surface area contributed by atoms with Crippen LogP contribution in [0.25, 0.3) is 0 Å². The summed E-state index contributed by atoms with van der Waals surface area (Å²) in [5.74, 6) is 2.49. The number of nitrogens with one attached hydrogen (secondary N) is 2. The molecule has 1 heterocycles. The lowest BCUT2D eigenvalue weighted by atomic mass is 10.2. The first kappa shape index (κ1) is 16.6. The molecule has 0 amide bonds. The van der Waals surface area contributed by atoms with Crippen LogP contribution < -0.4 is 20.1 Å². The minimum atomic E-state index is 0.463. The second-order valence-electron chi connectivity index (χ2n) is 5.70. The van der Waals surface area contributed by atoms with Gasteiger partial charge in [-0.1, -0.05) is 24.4 Å². The molecule has 3 rings (SSSR count). The molecule has 24 heavy (non-hydrogen) atoms. The zero-order valence-electron chi connectivity index (χ0n) is 13.8. The quantitative estimate of drug-likeness (QED) is 0.813. The van der Waals surface area contributed by atoms with Gasteiger partial charge in [-0.25, -0.2) is 4.98 Å². The van der Waals surface area contributed by atoms with Crippen LogP contribution in [0.15, 0.2) is 24.4 Å². The van der Waals surface area contributed by atoms with E-state index in [4.69, 9.17) is 21.1 Å². The zero-order valence-corrected chi connectivity index (χ0v) is 14.6. The molecule has 0 atom stereocenters. The average molecular weight is 349 g/mol. The summed E-state index contributed by atoms with van der Waals surface area (Å²) in [7, 11) is 3.17. The molecule has 0 bridgehead atoms. The molecule has 6 nitrogen and oxygen atoms in total. The number of aromatic nitrogens is 2. The highest BCUT2D eigenvalue weighted by atomic mass is 35.5. The van der Waals surface area contributed by atoms with Crippen molar-refractivity contribution in [1.29, 1.82) is 0 Å². The second kappa shape index (κ2) is 7.57. The van der Waals surface area contributed by atoms with Crippen molar-refractivity contribution in [2.24, 2.45) is 0 Å².